The molecule has 0 spiro atoms. The summed E-state index contributed by atoms with van der Waals surface area (Å²) in [7, 11) is -0.287. The van der Waals surface area contributed by atoms with Crippen molar-refractivity contribution in [3.8, 4) is 0 Å². The minimum Gasteiger partial charge on any atom is -0.399 e. The number of hydrogen-bond donors (Lipinski definition) is 0. The van der Waals surface area contributed by atoms with Gasteiger partial charge in [-0.1, -0.05) is 49.7 Å². The molecule has 1 saturated heterocycles. The average Bonchev–Trinajstić information content (AvgIpc) is 2.67. The van der Waals surface area contributed by atoms with Crippen LogP contribution in [0.4, 0.5) is 0 Å². The molecular formula is C19H25BO2. The van der Waals surface area contributed by atoms with E-state index in [1.54, 1.807) is 0 Å². The summed E-state index contributed by atoms with van der Waals surface area (Å²) >= 11 is 0. The molecule has 1 heterocycles. The van der Waals surface area contributed by atoms with Gasteiger partial charge in [-0.15, -0.1) is 0 Å². The normalized spacial score (nSPS) is 19.8. The predicted molar refractivity (Wildman–Crippen MR) is 93.7 cm³/mol. The summed E-state index contributed by atoms with van der Waals surface area (Å²) in [4.78, 5) is 0. The lowest BCUT2D eigenvalue weighted by molar-refractivity contribution is 0.00578. The average molecular weight is 296 g/mol. The third-order valence-corrected chi connectivity index (χ3v) is 4.99. The molecule has 0 saturated carbocycles. The van der Waals surface area contributed by atoms with Crippen LogP contribution in [0.1, 0.15) is 46.6 Å². The van der Waals surface area contributed by atoms with E-state index in [9.17, 15) is 0 Å². The summed E-state index contributed by atoms with van der Waals surface area (Å²) in [6.07, 6.45) is 2.31. The Kier molecular flexibility index (Phi) is 3.82. The highest BCUT2D eigenvalue weighted by molar-refractivity contribution is 6.62. The van der Waals surface area contributed by atoms with Crippen LogP contribution >= 0.6 is 0 Å². The van der Waals surface area contributed by atoms with E-state index in [1.165, 1.54) is 22.8 Å². The summed E-state index contributed by atoms with van der Waals surface area (Å²) in [5.41, 5.74) is 1.91. The van der Waals surface area contributed by atoms with Crippen LogP contribution in [-0.2, 0) is 15.7 Å². The quantitative estimate of drug-likeness (QED) is 0.794. The zero-order chi connectivity index (χ0) is 16.0. The molecule has 3 rings (SSSR count). The topological polar surface area (TPSA) is 18.5 Å². The van der Waals surface area contributed by atoms with Crippen LogP contribution in [-0.4, -0.2) is 18.3 Å². The summed E-state index contributed by atoms with van der Waals surface area (Å²) in [6, 6.07) is 13.2. The molecule has 1 aliphatic heterocycles. The standard InChI is InChI=1S/C19H25BO2/c1-6-7-14-8-9-16-13-17(11-10-15(16)12-14)20-21-18(2,3)19(4,5)22-20/h8-13H,6-7H2,1-5H3. The first-order valence-electron chi connectivity index (χ1n) is 8.21. The number of benzene rings is 2. The number of rotatable bonds is 3. The lowest BCUT2D eigenvalue weighted by Gasteiger charge is -2.32. The highest BCUT2D eigenvalue weighted by Crippen LogP contribution is 2.36. The van der Waals surface area contributed by atoms with Gasteiger partial charge in [0, 0.05) is 0 Å². The van der Waals surface area contributed by atoms with E-state index in [0.29, 0.717) is 0 Å². The first-order chi connectivity index (χ1) is 10.3. The number of hydrogen-bond acceptors (Lipinski definition) is 2. The Hall–Kier alpha value is -1.32. The maximum atomic E-state index is 6.14. The van der Waals surface area contributed by atoms with Gasteiger partial charge in [0.15, 0.2) is 0 Å². The van der Waals surface area contributed by atoms with Crippen molar-refractivity contribution in [3.05, 3.63) is 42.0 Å². The van der Waals surface area contributed by atoms with Gasteiger partial charge in [0.25, 0.3) is 0 Å². The molecule has 2 nitrogen and oxygen atoms in total. The van der Waals surface area contributed by atoms with E-state index in [-0.39, 0.29) is 18.3 Å². The first kappa shape index (κ1) is 15.6. The van der Waals surface area contributed by atoms with Crippen LogP contribution in [0.3, 0.4) is 0 Å². The van der Waals surface area contributed by atoms with Crippen LogP contribution in [0.15, 0.2) is 36.4 Å². The maximum absolute atomic E-state index is 6.14. The number of fused-ring (bicyclic) bond motifs is 1. The molecule has 1 aliphatic rings. The third-order valence-electron chi connectivity index (χ3n) is 4.99. The second-order valence-corrected chi connectivity index (χ2v) is 7.28. The van der Waals surface area contributed by atoms with Crippen LogP contribution < -0.4 is 5.46 Å². The smallest absolute Gasteiger partial charge is 0.399 e. The van der Waals surface area contributed by atoms with Gasteiger partial charge in [0.1, 0.15) is 0 Å². The van der Waals surface area contributed by atoms with E-state index in [1.807, 2.05) is 0 Å². The van der Waals surface area contributed by atoms with E-state index < -0.39 is 0 Å². The summed E-state index contributed by atoms with van der Waals surface area (Å²) in [5.74, 6) is 0. The van der Waals surface area contributed by atoms with Crippen molar-refractivity contribution in [3.63, 3.8) is 0 Å². The minimum atomic E-state index is -0.294. The van der Waals surface area contributed by atoms with Gasteiger partial charge >= 0.3 is 7.12 Å². The van der Waals surface area contributed by atoms with E-state index in [2.05, 4.69) is 71.0 Å². The Balaban J connectivity index is 1.92. The van der Waals surface area contributed by atoms with E-state index in [0.717, 1.165) is 11.9 Å². The van der Waals surface area contributed by atoms with Gasteiger partial charge < -0.3 is 9.31 Å². The lowest BCUT2D eigenvalue weighted by Crippen LogP contribution is -2.41. The van der Waals surface area contributed by atoms with Gasteiger partial charge in [-0.2, -0.15) is 0 Å². The fraction of sp³-hybridized carbons (Fsp3) is 0.474. The second kappa shape index (κ2) is 5.40. The lowest BCUT2D eigenvalue weighted by atomic mass is 9.78. The highest BCUT2D eigenvalue weighted by Gasteiger charge is 2.51. The fourth-order valence-electron chi connectivity index (χ4n) is 2.88. The van der Waals surface area contributed by atoms with Crippen LogP contribution in [0.25, 0.3) is 10.8 Å². The zero-order valence-corrected chi connectivity index (χ0v) is 14.3. The van der Waals surface area contributed by atoms with Gasteiger partial charge in [0.2, 0.25) is 0 Å². The molecule has 1 fully saturated rings. The molecule has 3 heteroatoms. The van der Waals surface area contributed by atoms with Crippen molar-refractivity contribution in [1.82, 2.24) is 0 Å². The molecule has 0 N–H and O–H groups in total. The van der Waals surface area contributed by atoms with Crippen molar-refractivity contribution in [1.29, 1.82) is 0 Å². The molecular weight excluding hydrogens is 271 g/mol. The van der Waals surface area contributed by atoms with Gasteiger partial charge in [-0.05, 0) is 55.9 Å². The van der Waals surface area contributed by atoms with Gasteiger partial charge in [0.05, 0.1) is 11.2 Å². The molecule has 0 unspecified atom stereocenters. The first-order valence-corrected chi connectivity index (χ1v) is 8.21. The molecule has 0 aromatic heterocycles. The Morgan fingerprint density at radius 2 is 1.45 bits per heavy atom. The fourth-order valence-corrected chi connectivity index (χ4v) is 2.88. The van der Waals surface area contributed by atoms with Gasteiger partial charge in [-0.3, -0.25) is 0 Å². The maximum Gasteiger partial charge on any atom is 0.494 e. The summed E-state index contributed by atoms with van der Waals surface area (Å²) in [5, 5.41) is 2.53. The van der Waals surface area contributed by atoms with E-state index >= 15 is 0 Å². The van der Waals surface area contributed by atoms with Crippen molar-refractivity contribution in [2.45, 2.75) is 58.7 Å². The Morgan fingerprint density at radius 3 is 2.09 bits per heavy atom. The molecule has 2 aromatic rings. The Morgan fingerprint density at radius 1 is 0.864 bits per heavy atom. The van der Waals surface area contributed by atoms with Crippen molar-refractivity contribution >= 4 is 23.4 Å². The minimum absolute atomic E-state index is 0.287. The molecule has 2 aromatic carbocycles. The number of aryl methyl sites for hydroxylation is 1. The molecule has 0 aliphatic carbocycles. The summed E-state index contributed by atoms with van der Waals surface area (Å²) in [6.45, 7) is 10.6. The van der Waals surface area contributed by atoms with Crippen molar-refractivity contribution < 1.29 is 9.31 Å². The molecule has 0 bridgehead atoms. The largest absolute Gasteiger partial charge is 0.494 e. The molecule has 22 heavy (non-hydrogen) atoms. The van der Waals surface area contributed by atoms with Crippen LogP contribution in [0.2, 0.25) is 0 Å². The molecule has 116 valence electrons. The van der Waals surface area contributed by atoms with Crippen molar-refractivity contribution in [2.24, 2.45) is 0 Å². The summed E-state index contributed by atoms with van der Waals surface area (Å²) < 4.78 is 12.3. The second-order valence-electron chi connectivity index (χ2n) is 7.28. The zero-order valence-electron chi connectivity index (χ0n) is 14.3. The third kappa shape index (κ3) is 2.68. The Bertz CT molecular complexity index is 675. The SMILES string of the molecule is CCCc1ccc2cc(B3OC(C)(C)C(C)(C)O3)ccc2c1. The van der Waals surface area contributed by atoms with Crippen molar-refractivity contribution in [2.75, 3.05) is 0 Å². The Labute approximate surface area is 134 Å². The van der Waals surface area contributed by atoms with E-state index in [4.69, 9.17) is 9.31 Å². The monoisotopic (exact) mass is 296 g/mol. The van der Waals surface area contributed by atoms with Gasteiger partial charge in [-0.25, -0.2) is 0 Å². The molecule has 0 atom stereocenters. The van der Waals surface area contributed by atoms with Crippen LogP contribution in [0.5, 0.6) is 0 Å². The van der Waals surface area contributed by atoms with Crippen LogP contribution in [0, 0.1) is 0 Å². The predicted octanol–water partition coefficient (Wildman–Crippen LogP) is 4.09. The molecule has 0 amide bonds. The molecule has 0 radical (unpaired) electrons. The highest BCUT2D eigenvalue weighted by atomic mass is 16.7.